The molecule has 146 valence electrons. The van der Waals surface area contributed by atoms with Crippen LogP contribution in [0.5, 0.6) is 0 Å². The van der Waals surface area contributed by atoms with E-state index in [1.165, 1.54) is 0 Å². The van der Waals surface area contributed by atoms with E-state index < -0.39 is 10.0 Å². The van der Waals surface area contributed by atoms with Crippen LogP contribution in [0.3, 0.4) is 0 Å². The smallest absolute Gasteiger partial charge is 0.245 e. The predicted octanol–water partition coefficient (Wildman–Crippen LogP) is 4.66. The third-order valence-corrected chi connectivity index (χ3v) is 7.77. The topological polar surface area (TPSA) is 62.3 Å². The number of nitrogens with zero attached hydrogens (tertiary/aromatic N) is 2. The van der Waals surface area contributed by atoms with Gasteiger partial charge in [0.25, 0.3) is 0 Å². The van der Waals surface area contributed by atoms with Crippen LogP contribution in [0.15, 0.2) is 52.1 Å². The lowest BCUT2D eigenvalue weighted by Gasteiger charge is -2.33. The quantitative estimate of drug-likeness (QED) is 0.693. The van der Waals surface area contributed by atoms with E-state index in [1.807, 2.05) is 18.2 Å². The highest BCUT2D eigenvalue weighted by Gasteiger charge is 2.32. The Kier molecular flexibility index (Phi) is 6.55. The van der Waals surface area contributed by atoms with E-state index in [2.05, 4.69) is 33.2 Å². The first-order valence-electron chi connectivity index (χ1n) is 9.28. The molecule has 7 heteroatoms. The first kappa shape index (κ1) is 20.3. The predicted molar refractivity (Wildman–Crippen MR) is 112 cm³/mol. The van der Waals surface area contributed by atoms with Gasteiger partial charge in [-0.15, -0.1) is 0 Å². The molecule has 0 saturated heterocycles. The molecule has 0 bridgehead atoms. The molecule has 1 aromatic heterocycles. The molecule has 1 heterocycles. The summed E-state index contributed by atoms with van der Waals surface area (Å²) in [5.41, 5.74) is 1.60. The Balaban J connectivity index is 1.83. The van der Waals surface area contributed by atoms with Gasteiger partial charge in [0.1, 0.15) is 4.90 Å². The van der Waals surface area contributed by atoms with Crippen molar-refractivity contribution in [3.05, 3.63) is 52.8 Å². The maximum Gasteiger partial charge on any atom is 0.245 e. The normalized spacial score (nSPS) is 20.6. The third kappa shape index (κ3) is 4.89. The van der Waals surface area contributed by atoms with Crippen LogP contribution in [-0.2, 0) is 16.6 Å². The average molecular weight is 452 g/mol. The number of hydrogen-bond donors (Lipinski definition) is 1. The van der Waals surface area contributed by atoms with Crippen LogP contribution in [0.4, 0.5) is 5.69 Å². The molecular weight excluding hydrogens is 426 g/mol. The molecule has 2 aromatic rings. The zero-order valence-corrected chi connectivity index (χ0v) is 18.1. The van der Waals surface area contributed by atoms with E-state index in [9.17, 15) is 8.42 Å². The minimum atomic E-state index is -3.57. The van der Waals surface area contributed by atoms with Gasteiger partial charge in [0.05, 0.1) is 5.69 Å². The molecule has 3 rings (SSSR count). The van der Waals surface area contributed by atoms with Gasteiger partial charge < -0.3 is 5.32 Å². The van der Waals surface area contributed by atoms with Crippen molar-refractivity contribution in [1.82, 2.24) is 9.29 Å². The van der Waals surface area contributed by atoms with Gasteiger partial charge in [0.2, 0.25) is 10.0 Å². The van der Waals surface area contributed by atoms with E-state index >= 15 is 0 Å². The van der Waals surface area contributed by atoms with E-state index in [0.29, 0.717) is 23.0 Å². The van der Waals surface area contributed by atoms with Gasteiger partial charge in [-0.25, -0.2) is 8.42 Å². The standard InChI is InChI=1S/C20H26BrN3O2S/c1-15-5-8-18(9-6-15)24(2)27(25,26)20-10-7-17(21)12-19(20)23-14-16-4-3-11-22-13-16/h3-4,7,10-13,15,18,23H,5-6,8-9,14H2,1-2H3. The first-order chi connectivity index (χ1) is 12.9. The zero-order chi connectivity index (χ0) is 19.4. The van der Waals surface area contributed by atoms with Crippen LogP contribution in [0, 0.1) is 5.92 Å². The van der Waals surface area contributed by atoms with Crippen LogP contribution >= 0.6 is 15.9 Å². The molecule has 0 aliphatic heterocycles. The highest BCUT2D eigenvalue weighted by Crippen LogP contribution is 2.33. The Labute approximate surface area is 170 Å². The summed E-state index contributed by atoms with van der Waals surface area (Å²) in [7, 11) is -1.86. The number of benzene rings is 1. The van der Waals surface area contributed by atoms with E-state index in [1.54, 1.807) is 35.9 Å². The summed E-state index contributed by atoms with van der Waals surface area (Å²) < 4.78 is 29.0. The largest absolute Gasteiger partial charge is 0.380 e. The Bertz CT molecular complexity index is 866. The summed E-state index contributed by atoms with van der Waals surface area (Å²) in [5.74, 6) is 0.682. The summed E-state index contributed by atoms with van der Waals surface area (Å²) in [4.78, 5) is 4.42. The summed E-state index contributed by atoms with van der Waals surface area (Å²) in [5, 5.41) is 3.27. The fourth-order valence-corrected chi connectivity index (χ4v) is 5.45. The van der Waals surface area contributed by atoms with E-state index in [-0.39, 0.29) is 6.04 Å². The molecule has 1 aliphatic carbocycles. The third-order valence-electron chi connectivity index (χ3n) is 5.30. The summed E-state index contributed by atoms with van der Waals surface area (Å²) in [6.45, 7) is 2.75. The summed E-state index contributed by atoms with van der Waals surface area (Å²) in [6, 6.07) is 9.17. The zero-order valence-electron chi connectivity index (χ0n) is 15.7. The molecule has 1 N–H and O–H groups in total. The van der Waals surface area contributed by atoms with Crippen LogP contribution in [0.25, 0.3) is 0 Å². The van der Waals surface area contributed by atoms with Crippen molar-refractivity contribution in [2.45, 2.75) is 50.1 Å². The SMILES string of the molecule is CC1CCC(N(C)S(=O)(=O)c2ccc(Br)cc2NCc2cccnc2)CC1. The van der Waals surface area contributed by atoms with Gasteiger partial charge in [0, 0.05) is 36.5 Å². The Morgan fingerprint density at radius 1 is 1.22 bits per heavy atom. The number of halogens is 1. The monoisotopic (exact) mass is 451 g/mol. The minimum absolute atomic E-state index is 0.0704. The Morgan fingerprint density at radius 2 is 1.96 bits per heavy atom. The number of rotatable bonds is 6. The maximum atomic E-state index is 13.3. The number of aromatic nitrogens is 1. The highest BCUT2D eigenvalue weighted by atomic mass is 79.9. The van der Waals surface area contributed by atoms with Crippen LogP contribution < -0.4 is 5.32 Å². The first-order valence-corrected chi connectivity index (χ1v) is 11.5. The van der Waals surface area contributed by atoms with Gasteiger partial charge in [-0.2, -0.15) is 4.31 Å². The van der Waals surface area contributed by atoms with Gasteiger partial charge in [-0.05, 0) is 61.4 Å². The number of nitrogens with one attached hydrogen (secondary N) is 1. The highest BCUT2D eigenvalue weighted by molar-refractivity contribution is 9.10. The lowest BCUT2D eigenvalue weighted by atomic mass is 9.87. The lowest BCUT2D eigenvalue weighted by molar-refractivity contribution is 0.246. The second kappa shape index (κ2) is 8.71. The lowest BCUT2D eigenvalue weighted by Crippen LogP contribution is -2.39. The molecule has 0 radical (unpaired) electrons. The van der Waals surface area contributed by atoms with Gasteiger partial charge in [0.15, 0.2) is 0 Å². The molecule has 0 spiro atoms. The van der Waals surface area contributed by atoms with Gasteiger partial charge in [-0.1, -0.05) is 28.9 Å². The van der Waals surface area contributed by atoms with Crippen molar-refractivity contribution >= 4 is 31.6 Å². The molecule has 1 saturated carbocycles. The van der Waals surface area contributed by atoms with Crippen molar-refractivity contribution < 1.29 is 8.42 Å². The van der Waals surface area contributed by atoms with E-state index in [4.69, 9.17) is 0 Å². The molecule has 0 unspecified atom stereocenters. The number of pyridine rings is 1. The van der Waals surface area contributed by atoms with Crippen molar-refractivity contribution in [1.29, 1.82) is 0 Å². The molecule has 1 fully saturated rings. The van der Waals surface area contributed by atoms with Crippen LogP contribution in [0.1, 0.15) is 38.2 Å². The molecular formula is C20H26BrN3O2S. The van der Waals surface area contributed by atoms with Gasteiger partial charge in [-0.3, -0.25) is 4.98 Å². The fraction of sp³-hybridized carbons (Fsp3) is 0.450. The molecule has 5 nitrogen and oxygen atoms in total. The summed E-state index contributed by atoms with van der Waals surface area (Å²) >= 11 is 3.45. The minimum Gasteiger partial charge on any atom is -0.380 e. The van der Waals surface area contributed by atoms with Crippen molar-refractivity contribution in [3.63, 3.8) is 0 Å². The van der Waals surface area contributed by atoms with Crippen molar-refractivity contribution in [2.24, 2.45) is 5.92 Å². The van der Waals surface area contributed by atoms with Crippen molar-refractivity contribution in [3.8, 4) is 0 Å². The molecule has 27 heavy (non-hydrogen) atoms. The van der Waals surface area contributed by atoms with Crippen LogP contribution in [0.2, 0.25) is 0 Å². The van der Waals surface area contributed by atoms with Crippen LogP contribution in [-0.4, -0.2) is 30.8 Å². The van der Waals surface area contributed by atoms with E-state index in [0.717, 1.165) is 35.7 Å². The Morgan fingerprint density at radius 3 is 2.63 bits per heavy atom. The Hall–Kier alpha value is -1.44. The molecule has 0 amide bonds. The number of sulfonamides is 1. The summed E-state index contributed by atoms with van der Waals surface area (Å²) in [6.07, 6.45) is 7.50. The number of hydrogen-bond acceptors (Lipinski definition) is 4. The maximum absolute atomic E-state index is 13.3. The second-order valence-corrected chi connectivity index (χ2v) is 10.2. The van der Waals surface area contributed by atoms with Crippen molar-refractivity contribution in [2.75, 3.05) is 12.4 Å². The number of anilines is 1. The average Bonchev–Trinajstić information content (AvgIpc) is 2.67. The fourth-order valence-electron chi connectivity index (χ4n) is 3.52. The van der Waals surface area contributed by atoms with Gasteiger partial charge >= 0.3 is 0 Å². The molecule has 1 aliphatic rings. The second-order valence-electron chi connectivity index (χ2n) is 7.29. The molecule has 0 atom stereocenters. The molecule has 1 aromatic carbocycles.